The van der Waals surface area contributed by atoms with Gasteiger partial charge in [0.15, 0.2) is 0 Å². The maximum Gasteiger partial charge on any atom is 0.137 e. The van der Waals surface area contributed by atoms with Gasteiger partial charge in [-0.25, -0.2) is 0 Å². The second-order valence-corrected chi connectivity index (χ2v) is 4.65. The van der Waals surface area contributed by atoms with Crippen molar-refractivity contribution in [2.24, 2.45) is 0 Å². The maximum atomic E-state index is 6.39. The Morgan fingerprint density at radius 2 is 2.24 bits per heavy atom. The van der Waals surface area contributed by atoms with E-state index in [9.17, 15) is 0 Å². The van der Waals surface area contributed by atoms with Crippen LogP contribution < -0.4 is 10.1 Å². The molecule has 0 spiro atoms. The van der Waals surface area contributed by atoms with Gasteiger partial charge in [0.1, 0.15) is 5.75 Å². The molecule has 1 aromatic rings. The summed E-state index contributed by atoms with van der Waals surface area (Å²) in [6, 6.07) is 3.96. The van der Waals surface area contributed by atoms with Crippen molar-refractivity contribution in [2.45, 2.75) is 18.6 Å². The normalized spacial score (nSPS) is 25.8. The summed E-state index contributed by atoms with van der Waals surface area (Å²) in [4.78, 5) is 0. The van der Waals surface area contributed by atoms with Gasteiger partial charge in [0.25, 0.3) is 0 Å². The van der Waals surface area contributed by atoms with Crippen molar-refractivity contribution in [3.8, 4) is 5.75 Å². The lowest BCUT2D eigenvalue weighted by Gasteiger charge is -2.29. The molecule has 2 atom stereocenters. The molecule has 5 heteroatoms. The van der Waals surface area contributed by atoms with E-state index in [1.54, 1.807) is 7.11 Å². The summed E-state index contributed by atoms with van der Waals surface area (Å²) in [6.45, 7) is 2.50. The van der Waals surface area contributed by atoms with Crippen molar-refractivity contribution in [3.05, 3.63) is 28.3 Å². The number of fused-ring (bicyclic) bond motifs is 3. The third-order valence-electron chi connectivity index (χ3n) is 3.44. The molecule has 0 unspecified atom stereocenters. The van der Waals surface area contributed by atoms with Crippen LogP contribution in [0.15, 0.2) is 12.1 Å². The fourth-order valence-electron chi connectivity index (χ4n) is 2.61. The van der Waals surface area contributed by atoms with Crippen LogP contribution in [0, 0.1) is 0 Å². The van der Waals surface area contributed by atoms with Crippen molar-refractivity contribution in [2.75, 3.05) is 20.2 Å². The Morgan fingerprint density at radius 1 is 1.41 bits per heavy atom. The van der Waals surface area contributed by atoms with Crippen molar-refractivity contribution >= 4 is 24.0 Å². The Hall–Kier alpha value is -0.480. The van der Waals surface area contributed by atoms with Gasteiger partial charge in [0.2, 0.25) is 0 Å². The van der Waals surface area contributed by atoms with E-state index in [1.165, 1.54) is 11.1 Å². The molecule has 94 valence electrons. The fourth-order valence-corrected chi connectivity index (χ4v) is 3.01. The van der Waals surface area contributed by atoms with Crippen LogP contribution in [0.1, 0.15) is 17.0 Å². The van der Waals surface area contributed by atoms with Crippen LogP contribution in [0.2, 0.25) is 5.02 Å². The molecule has 0 radical (unpaired) electrons. The summed E-state index contributed by atoms with van der Waals surface area (Å²) in [5, 5.41) is 4.10. The minimum absolute atomic E-state index is 0. The number of ether oxygens (including phenoxy) is 2. The molecule has 1 N–H and O–H groups in total. The predicted molar refractivity (Wildman–Crippen MR) is 69.4 cm³/mol. The SMILES string of the molecule is COc1ccc2c(c1Cl)[C@@H]1CNC[C@@H]1OC2.Cl. The quantitative estimate of drug-likeness (QED) is 0.854. The lowest BCUT2D eigenvalue weighted by atomic mass is 9.89. The number of hydrogen-bond acceptors (Lipinski definition) is 3. The van der Waals surface area contributed by atoms with Crippen molar-refractivity contribution in [3.63, 3.8) is 0 Å². The standard InChI is InChI=1S/C12H14ClNO2.ClH/c1-15-9-3-2-7-6-16-10-5-14-4-8(10)11(7)12(9)13;/h2-3,8,10,14H,4-6H2,1H3;1H/t8-,10+;/m1./s1. The zero-order valence-electron chi connectivity index (χ0n) is 9.53. The highest BCUT2D eigenvalue weighted by molar-refractivity contribution is 6.33. The molecule has 3 nitrogen and oxygen atoms in total. The number of nitrogens with one attached hydrogen (secondary N) is 1. The van der Waals surface area contributed by atoms with Crippen molar-refractivity contribution in [1.29, 1.82) is 0 Å². The molecule has 2 heterocycles. The minimum atomic E-state index is 0. The monoisotopic (exact) mass is 275 g/mol. The van der Waals surface area contributed by atoms with E-state index < -0.39 is 0 Å². The Bertz CT molecular complexity index is 425. The van der Waals surface area contributed by atoms with Crippen LogP contribution in [0.5, 0.6) is 5.75 Å². The molecule has 3 rings (SSSR count). The first kappa shape index (κ1) is 13.0. The molecule has 0 amide bonds. The van der Waals surface area contributed by atoms with Gasteiger partial charge in [0, 0.05) is 19.0 Å². The predicted octanol–water partition coefficient (Wildman–Crippen LogP) is 2.36. The maximum absolute atomic E-state index is 6.39. The largest absolute Gasteiger partial charge is 0.495 e. The second kappa shape index (κ2) is 5.02. The smallest absolute Gasteiger partial charge is 0.137 e. The third-order valence-corrected chi connectivity index (χ3v) is 3.83. The van der Waals surface area contributed by atoms with E-state index in [0.29, 0.717) is 12.5 Å². The summed E-state index contributed by atoms with van der Waals surface area (Å²) in [7, 11) is 1.65. The number of rotatable bonds is 1. The van der Waals surface area contributed by atoms with E-state index in [1.807, 2.05) is 6.07 Å². The third kappa shape index (κ3) is 2.02. The van der Waals surface area contributed by atoms with Crippen LogP contribution in [0.3, 0.4) is 0 Å². The Labute approximate surface area is 112 Å². The highest BCUT2D eigenvalue weighted by Crippen LogP contribution is 2.41. The molecule has 0 aromatic heterocycles. The number of methoxy groups -OCH3 is 1. The van der Waals surface area contributed by atoms with Crippen LogP contribution in [-0.4, -0.2) is 26.3 Å². The molecule has 1 saturated heterocycles. The van der Waals surface area contributed by atoms with Gasteiger partial charge in [-0.3, -0.25) is 0 Å². The highest BCUT2D eigenvalue weighted by Gasteiger charge is 2.36. The average Bonchev–Trinajstić information content (AvgIpc) is 2.77. The molecule has 0 bridgehead atoms. The first-order chi connectivity index (χ1) is 7.81. The molecule has 17 heavy (non-hydrogen) atoms. The molecule has 2 aliphatic heterocycles. The van der Waals surface area contributed by atoms with Crippen molar-refractivity contribution in [1.82, 2.24) is 5.32 Å². The van der Waals surface area contributed by atoms with Gasteiger partial charge in [-0.2, -0.15) is 0 Å². The van der Waals surface area contributed by atoms with Crippen molar-refractivity contribution < 1.29 is 9.47 Å². The molecule has 2 aliphatic rings. The Balaban J connectivity index is 0.00000108. The van der Waals surface area contributed by atoms with Crippen LogP contribution in [0.4, 0.5) is 0 Å². The van der Waals surface area contributed by atoms with Gasteiger partial charge >= 0.3 is 0 Å². The molecule has 1 fully saturated rings. The van der Waals surface area contributed by atoms with Gasteiger partial charge < -0.3 is 14.8 Å². The Kier molecular flexibility index (Phi) is 3.83. The highest BCUT2D eigenvalue weighted by atomic mass is 35.5. The first-order valence-electron chi connectivity index (χ1n) is 5.49. The zero-order valence-corrected chi connectivity index (χ0v) is 11.1. The van der Waals surface area contributed by atoms with Gasteiger partial charge in [-0.1, -0.05) is 17.7 Å². The molecule has 0 saturated carbocycles. The number of benzene rings is 1. The lowest BCUT2D eigenvalue weighted by Crippen LogP contribution is -2.27. The van der Waals surface area contributed by atoms with Gasteiger partial charge in [-0.05, 0) is 17.2 Å². The topological polar surface area (TPSA) is 30.5 Å². The number of halogens is 2. The van der Waals surface area contributed by atoms with Crippen LogP contribution in [0.25, 0.3) is 0 Å². The van der Waals surface area contributed by atoms with E-state index in [0.717, 1.165) is 23.9 Å². The zero-order chi connectivity index (χ0) is 11.1. The average molecular weight is 276 g/mol. The second-order valence-electron chi connectivity index (χ2n) is 4.27. The summed E-state index contributed by atoms with van der Waals surface area (Å²) in [5.41, 5.74) is 2.40. The molecule has 1 aromatic carbocycles. The summed E-state index contributed by atoms with van der Waals surface area (Å²) < 4.78 is 11.1. The first-order valence-corrected chi connectivity index (χ1v) is 5.86. The van der Waals surface area contributed by atoms with E-state index in [4.69, 9.17) is 21.1 Å². The van der Waals surface area contributed by atoms with E-state index >= 15 is 0 Å². The molecular formula is C12H15Cl2NO2. The molecule has 0 aliphatic carbocycles. The van der Waals surface area contributed by atoms with Crippen LogP contribution in [-0.2, 0) is 11.3 Å². The van der Waals surface area contributed by atoms with Gasteiger partial charge in [0.05, 0.1) is 24.8 Å². The van der Waals surface area contributed by atoms with Gasteiger partial charge in [-0.15, -0.1) is 12.4 Å². The lowest BCUT2D eigenvalue weighted by molar-refractivity contribution is 0.0299. The summed E-state index contributed by atoms with van der Waals surface area (Å²) in [5.74, 6) is 1.12. The minimum Gasteiger partial charge on any atom is -0.495 e. The number of hydrogen-bond donors (Lipinski definition) is 1. The molecular weight excluding hydrogens is 261 g/mol. The Morgan fingerprint density at radius 3 is 3.00 bits per heavy atom. The summed E-state index contributed by atoms with van der Waals surface area (Å²) in [6.07, 6.45) is 0.261. The fraction of sp³-hybridized carbons (Fsp3) is 0.500. The van der Waals surface area contributed by atoms with E-state index in [-0.39, 0.29) is 18.5 Å². The van der Waals surface area contributed by atoms with Crippen LogP contribution >= 0.6 is 24.0 Å². The summed E-state index contributed by atoms with van der Waals surface area (Å²) >= 11 is 6.39. The van der Waals surface area contributed by atoms with E-state index in [2.05, 4.69) is 11.4 Å².